The van der Waals surface area contributed by atoms with Crippen LogP contribution in [-0.2, 0) is 9.59 Å². The van der Waals surface area contributed by atoms with Crippen LogP contribution in [0, 0.1) is 13.8 Å². The molecule has 0 radical (unpaired) electrons. The van der Waals surface area contributed by atoms with Gasteiger partial charge in [0.1, 0.15) is 0 Å². The highest BCUT2D eigenvalue weighted by molar-refractivity contribution is 6.33. The molecule has 2 aromatic carbocycles. The summed E-state index contributed by atoms with van der Waals surface area (Å²) in [6, 6.07) is 13.3. The van der Waals surface area contributed by atoms with Gasteiger partial charge in [0.15, 0.2) is 0 Å². The van der Waals surface area contributed by atoms with Crippen LogP contribution in [0.1, 0.15) is 11.1 Å². The van der Waals surface area contributed by atoms with Gasteiger partial charge >= 0.3 is 0 Å². The summed E-state index contributed by atoms with van der Waals surface area (Å²) < 4.78 is 0. The predicted octanol–water partition coefficient (Wildman–Crippen LogP) is 3.15. The Morgan fingerprint density at radius 1 is 0.966 bits per heavy atom. The highest BCUT2D eigenvalue weighted by Crippen LogP contribution is 2.21. The van der Waals surface area contributed by atoms with E-state index in [2.05, 4.69) is 15.5 Å². The summed E-state index contributed by atoms with van der Waals surface area (Å²) in [4.78, 5) is 28.7. The summed E-state index contributed by atoms with van der Waals surface area (Å²) in [5, 5.41) is 6.63. The average Bonchev–Trinajstić information content (AvgIpc) is 2.70. The van der Waals surface area contributed by atoms with Crippen LogP contribution in [-0.4, -0.2) is 60.9 Å². The third kappa shape index (κ3) is 5.71. The number of anilines is 2. The van der Waals surface area contributed by atoms with Crippen molar-refractivity contribution in [2.75, 3.05) is 49.9 Å². The van der Waals surface area contributed by atoms with E-state index in [0.717, 1.165) is 16.8 Å². The average molecular weight is 415 g/mol. The van der Waals surface area contributed by atoms with Crippen LogP contribution in [0.2, 0.25) is 5.02 Å². The standard InChI is InChI=1S/C22H27ClN4O2/c1-16-6-5-7-17(2)22(16)24-14-21(29)27-12-10-26(11-13-27)15-20(28)25-19-9-4-3-8-18(19)23/h3-9,24H,10-15H2,1-2H3,(H,25,28). The van der Waals surface area contributed by atoms with Crippen molar-refractivity contribution >= 4 is 34.8 Å². The second-order valence-corrected chi connectivity index (χ2v) is 7.71. The fourth-order valence-corrected chi connectivity index (χ4v) is 3.66. The van der Waals surface area contributed by atoms with E-state index in [0.29, 0.717) is 36.9 Å². The molecule has 1 heterocycles. The van der Waals surface area contributed by atoms with Gasteiger partial charge in [-0.15, -0.1) is 0 Å². The number of amides is 2. The molecular formula is C22H27ClN4O2. The number of halogens is 1. The lowest BCUT2D eigenvalue weighted by Crippen LogP contribution is -2.51. The van der Waals surface area contributed by atoms with Gasteiger partial charge in [-0.1, -0.05) is 41.9 Å². The maximum atomic E-state index is 12.6. The lowest BCUT2D eigenvalue weighted by molar-refractivity contribution is -0.131. The van der Waals surface area contributed by atoms with Gasteiger partial charge in [-0.2, -0.15) is 0 Å². The number of hydrogen-bond acceptors (Lipinski definition) is 4. The van der Waals surface area contributed by atoms with Crippen LogP contribution in [0.5, 0.6) is 0 Å². The van der Waals surface area contributed by atoms with E-state index in [1.807, 2.05) is 49.1 Å². The summed E-state index contributed by atoms with van der Waals surface area (Å²) >= 11 is 6.08. The molecule has 1 aliphatic rings. The van der Waals surface area contributed by atoms with Crippen LogP contribution in [0.25, 0.3) is 0 Å². The van der Waals surface area contributed by atoms with Gasteiger partial charge < -0.3 is 15.5 Å². The van der Waals surface area contributed by atoms with Crippen LogP contribution >= 0.6 is 11.6 Å². The fourth-order valence-electron chi connectivity index (χ4n) is 3.48. The first-order valence-corrected chi connectivity index (χ1v) is 10.2. The van der Waals surface area contributed by atoms with E-state index in [1.165, 1.54) is 0 Å². The lowest BCUT2D eigenvalue weighted by atomic mass is 10.1. The minimum atomic E-state index is -0.102. The highest BCUT2D eigenvalue weighted by atomic mass is 35.5. The van der Waals surface area contributed by atoms with Gasteiger partial charge in [0.2, 0.25) is 11.8 Å². The highest BCUT2D eigenvalue weighted by Gasteiger charge is 2.22. The monoisotopic (exact) mass is 414 g/mol. The summed E-state index contributed by atoms with van der Waals surface area (Å²) in [6.07, 6.45) is 0. The molecule has 6 nitrogen and oxygen atoms in total. The van der Waals surface area contributed by atoms with Crippen molar-refractivity contribution in [2.45, 2.75) is 13.8 Å². The molecule has 3 rings (SSSR count). The number of benzene rings is 2. The Bertz CT molecular complexity index is 859. The van der Waals surface area contributed by atoms with Crippen molar-refractivity contribution in [3.8, 4) is 0 Å². The normalized spacial score (nSPS) is 14.5. The zero-order valence-electron chi connectivity index (χ0n) is 16.9. The zero-order valence-corrected chi connectivity index (χ0v) is 17.6. The number of nitrogens with one attached hydrogen (secondary N) is 2. The quantitative estimate of drug-likeness (QED) is 0.762. The molecule has 0 saturated carbocycles. The SMILES string of the molecule is Cc1cccc(C)c1NCC(=O)N1CCN(CC(=O)Nc2ccccc2Cl)CC1. The first-order valence-electron chi connectivity index (χ1n) is 9.78. The first kappa shape index (κ1) is 21.1. The van der Waals surface area contributed by atoms with Crippen molar-refractivity contribution in [3.05, 3.63) is 58.6 Å². The summed E-state index contributed by atoms with van der Waals surface area (Å²) in [7, 11) is 0. The van der Waals surface area contributed by atoms with Gasteiger partial charge in [0, 0.05) is 31.9 Å². The molecule has 0 atom stereocenters. The van der Waals surface area contributed by atoms with Gasteiger partial charge in [-0.05, 0) is 37.1 Å². The number of piperazine rings is 1. The molecule has 0 unspecified atom stereocenters. The van der Waals surface area contributed by atoms with E-state index >= 15 is 0 Å². The van der Waals surface area contributed by atoms with Crippen LogP contribution in [0.4, 0.5) is 11.4 Å². The largest absolute Gasteiger partial charge is 0.376 e. The number of hydrogen-bond donors (Lipinski definition) is 2. The molecule has 2 amide bonds. The molecule has 154 valence electrons. The number of rotatable bonds is 6. The van der Waals surface area contributed by atoms with Crippen molar-refractivity contribution < 1.29 is 9.59 Å². The molecule has 2 N–H and O–H groups in total. The zero-order chi connectivity index (χ0) is 20.8. The summed E-state index contributed by atoms with van der Waals surface area (Å²) in [5.41, 5.74) is 3.90. The Morgan fingerprint density at radius 2 is 1.62 bits per heavy atom. The number of para-hydroxylation sites is 2. The molecule has 1 saturated heterocycles. The lowest BCUT2D eigenvalue weighted by Gasteiger charge is -2.34. The number of carbonyl (C=O) groups is 2. The molecule has 1 fully saturated rings. The minimum absolute atomic E-state index is 0.0767. The maximum absolute atomic E-state index is 12.6. The topological polar surface area (TPSA) is 64.7 Å². The van der Waals surface area contributed by atoms with E-state index in [-0.39, 0.29) is 24.9 Å². The molecule has 0 bridgehead atoms. The first-order chi connectivity index (χ1) is 13.9. The van der Waals surface area contributed by atoms with Crippen molar-refractivity contribution in [1.29, 1.82) is 0 Å². The molecule has 0 aliphatic carbocycles. The van der Waals surface area contributed by atoms with E-state index in [9.17, 15) is 9.59 Å². The second-order valence-electron chi connectivity index (χ2n) is 7.31. The van der Waals surface area contributed by atoms with E-state index in [4.69, 9.17) is 11.6 Å². The number of nitrogens with zero attached hydrogens (tertiary/aromatic N) is 2. The van der Waals surface area contributed by atoms with Crippen LogP contribution in [0.15, 0.2) is 42.5 Å². The van der Waals surface area contributed by atoms with Gasteiger partial charge in [0.25, 0.3) is 0 Å². The van der Waals surface area contributed by atoms with E-state index in [1.54, 1.807) is 12.1 Å². The summed E-state index contributed by atoms with van der Waals surface area (Å²) in [5.74, 6) is -0.0256. The predicted molar refractivity (Wildman–Crippen MR) is 118 cm³/mol. The Hall–Kier alpha value is -2.57. The third-order valence-corrected chi connectivity index (χ3v) is 5.47. The fraction of sp³-hybridized carbons (Fsp3) is 0.364. The van der Waals surface area contributed by atoms with Crippen molar-refractivity contribution in [3.63, 3.8) is 0 Å². The Kier molecular flexibility index (Phi) is 7.12. The van der Waals surface area contributed by atoms with Gasteiger partial charge in [-0.25, -0.2) is 0 Å². The van der Waals surface area contributed by atoms with Crippen molar-refractivity contribution in [1.82, 2.24) is 9.80 Å². The third-order valence-electron chi connectivity index (χ3n) is 5.14. The number of carbonyl (C=O) groups excluding carboxylic acids is 2. The molecule has 29 heavy (non-hydrogen) atoms. The van der Waals surface area contributed by atoms with E-state index < -0.39 is 0 Å². The molecule has 7 heteroatoms. The van der Waals surface area contributed by atoms with Gasteiger partial charge in [-0.3, -0.25) is 14.5 Å². The van der Waals surface area contributed by atoms with Crippen LogP contribution in [0.3, 0.4) is 0 Å². The molecule has 1 aliphatic heterocycles. The number of aryl methyl sites for hydroxylation is 2. The smallest absolute Gasteiger partial charge is 0.241 e. The minimum Gasteiger partial charge on any atom is -0.376 e. The molecule has 0 aromatic heterocycles. The van der Waals surface area contributed by atoms with Crippen LogP contribution < -0.4 is 10.6 Å². The molecule has 2 aromatic rings. The van der Waals surface area contributed by atoms with Crippen molar-refractivity contribution in [2.24, 2.45) is 0 Å². The molecule has 0 spiro atoms. The molecular weight excluding hydrogens is 388 g/mol. The Balaban J connectivity index is 1.43. The Labute approximate surface area is 176 Å². The second kappa shape index (κ2) is 9.76. The Morgan fingerprint density at radius 3 is 2.28 bits per heavy atom. The maximum Gasteiger partial charge on any atom is 0.241 e. The van der Waals surface area contributed by atoms with Gasteiger partial charge in [0.05, 0.1) is 23.8 Å². The summed E-state index contributed by atoms with van der Waals surface area (Å²) in [6.45, 7) is 7.21.